The van der Waals surface area contributed by atoms with Crippen molar-refractivity contribution in [2.24, 2.45) is 0 Å². The van der Waals surface area contributed by atoms with Crippen LogP contribution in [0.3, 0.4) is 0 Å². The minimum atomic E-state index is 1.10. The second kappa shape index (κ2) is 3.68. The van der Waals surface area contributed by atoms with Crippen molar-refractivity contribution < 1.29 is 0 Å². The Hall–Kier alpha value is -0.890. The molecule has 0 saturated carbocycles. The van der Waals surface area contributed by atoms with Gasteiger partial charge in [0.15, 0.2) is 0 Å². The predicted octanol–water partition coefficient (Wildman–Crippen LogP) is 1.68. The van der Waals surface area contributed by atoms with Gasteiger partial charge >= 0.3 is 0 Å². The molecule has 0 aliphatic carbocycles. The van der Waals surface area contributed by atoms with Crippen molar-refractivity contribution in [2.45, 2.75) is 19.4 Å². The first-order chi connectivity index (χ1) is 5.95. The molecule has 2 nitrogen and oxygen atoms in total. The summed E-state index contributed by atoms with van der Waals surface area (Å²) in [6.45, 7) is 3.63. The summed E-state index contributed by atoms with van der Waals surface area (Å²) >= 11 is 0. The van der Waals surface area contributed by atoms with E-state index in [0.29, 0.717) is 0 Å². The molecule has 0 bridgehead atoms. The van der Waals surface area contributed by atoms with E-state index in [1.807, 2.05) is 12.4 Å². The molecule has 2 heterocycles. The van der Waals surface area contributed by atoms with Gasteiger partial charge in [0.05, 0.1) is 0 Å². The Bertz CT molecular complexity index is 227. The first kappa shape index (κ1) is 7.74. The largest absolute Gasteiger partial charge is 0.299 e. The fraction of sp³-hybridized carbons (Fsp3) is 0.500. The van der Waals surface area contributed by atoms with Crippen molar-refractivity contribution in [3.05, 3.63) is 30.1 Å². The highest BCUT2D eigenvalue weighted by molar-refractivity contribution is 5.09. The molecule has 1 aromatic heterocycles. The number of likely N-dealkylation sites (tertiary alicyclic amines) is 1. The Labute approximate surface area is 73.2 Å². The van der Waals surface area contributed by atoms with E-state index < -0.39 is 0 Å². The number of pyridine rings is 1. The quantitative estimate of drug-likeness (QED) is 0.657. The second-order valence-corrected chi connectivity index (χ2v) is 3.34. The van der Waals surface area contributed by atoms with E-state index in [9.17, 15) is 0 Å². The van der Waals surface area contributed by atoms with E-state index >= 15 is 0 Å². The third-order valence-electron chi connectivity index (χ3n) is 2.35. The van der Waals surface area contributed by atoms with Crippen LogP contribution in [-0.4, -0.2) is 23.0 Å². The SMILES string of the molecule is c1cc(CN2CCCC2)ccn1. The van der Waals surface area contributed by atoms with E-state index in [1.54, 1.807) is 0 Å². The number of rotatable bonds is 2. The molecule has 0 N–H and O–H groups in total. The Morgan fingerprint density at radius 2 is 1.83 bits per heavy atom. The molecule has 0 unspecified atom stereocenters. The molecule has 1 saturated heterocycles. The van der Waals surface area contributed by atoms with Crippen molar-refractivity contribution in [1.29, 1.82) is 0 Å². The molecule has 2 rings (SSSR count). The predicted molar refractivity (Wildman–Crippen MR) is 48.7 cm³/mol. The summed E-state index contributed by atoms with van der Waals surface area (Å²) in [4.78, 5) is 6.50. The van der Waals surface area contributed by atoms with Crippen LogP contribution >= 0.6 is 0 Å². The van der Waals surface area contributed by atoms with Crippen LogP contribution in [0.15, 0.2) is 24.5 Å². The van der Waals surface area contributed by atoms with Gasteiger partial charge < -0.3 is 0 Å². The van der Waals surface area contributed by atoms with Gasteiger partial charge in [-0.05, 0) is 43.6 Å². The Kier molecular flexibility index (Phi) is 2.37. The third-order valence-corrected chi connectivity index (χ3v) is 2.35. The fourth-order valence-electron chi connectivity index (χ4n) is 1.69. The Morgan fingerprint density at radius 3 is 2.50 bits per heavy atom. The molecule has 0 amide bonds. The van der Waals surface area contributed by atoms with Gasteiger partial charge in [-0.2, -0.15) is 0 Å². The van der Waals surface area contributed by atoms with Crippen LogP contribution in [0.4, 0.5) is 0 Å². The Balaban J connectivity index is 1.94. The highest BCUT2D eigenvalue weighted by atomic mass is 15.1. The average molecular weight is 162 g/mol. The summed E-state index contributed by atoms with van der Waals surface area (Å²) < 4.78 is 0. The summed E-state index contributed by atoms with van der Waals surface area (Å²) in [6.07, 6.45) is 6.47. The minimum Gasteiger partial charge on any atom is -0.299 e. The standard InChI is InChI=1S/C10H14N2/c1-2-8-12(7-1)9-10-3-5-11-6-4-10/h3-6H,1-2,7-9H2. The first-order valence-electron chi connectivity index (χ1n) is 4.56. The number of aromatic nitrogens is 1. The molecule has 0 aromatic carbocycles. The summed E-state index contributed by atoms with van der Waals surface area (Å²) in [7, 11) is 0. The van der Waals surface area contributed by atoms with Gasteiger partial charge in [0.2, 0.25) is 0 Å². The molecule has 1 aliphatic heterocycles. The van der Waals surface area contributed by atoms with Gasteiger partial charge in [-0.25, -0.2) is 0 Å². The first-order valence-corrected chi connectivity index (χ1v) is 4.56. The van der Waals surface area contributed by atoms with Gasteiger partial charge in [-0.1, -0.05) is 0 Å². The lowest BCUT2D eigenvalue weighted by atomic mass is 10.2. The van der Waals surface area contributed by atoms with Crippen LogP contribution in [0.5, 0.6) is 0 Å². The van der Waals surface area contributed by atoms with E-state index in [2.05, 4.69) is 22.0 Å². The van der Waals surface area contributed by atoms with Gasteiger partial charge in [0, 0.05) is 18.9 Å². The normalized spacial score (nSPS) is 18.3. The third kappa shape index (κ3) is 1.83. The molecule has 0 atom stereocenters. The summed E-state index contributed by atoms with van der Waals surface area (Å²) in [6, 6.07) is 4.19. The van der Waals surface area contributed by atoms with Crippen LogP contribution in [0, 0.1) is 0 Å². The van der Waals surface area contributed by atoms with Gasteiger partial charge in [0.25, 0.3) is 0 Å². The topological polar surface area (TPSA) is 16.1 Å². The maximum Gasteiger partial charge on any atom is 0.0271 e. The van der Waals surface area contributed by atoms with E-state index in [-0.39, 0.29) is 0 Å². The highest BCUT2D eigenvalue weighted by Crippen LogP contribution is 2.11. The van der Waals surface area contributed by atoms with E-state index in [0.717, 1.165) is 6.54 Å². The average Bonchev–Trinajstić information content (AvgIpc) is 2.59. The Morgan fingerprint density at radius 1 is 1.17 bits per heavy atom. The lowest BCUT2D eigenvalue weighted by molar-refractivity contribution is 0.331. The molecule has 1 fully saturated rings. The molecule has 1 aromatic rings. The zero-order valence-corrected chi connectivity index (χ0v) is 7.24. The lowest BCUT2D eigenvalue weighted by Crippen LogP contribution is -2.18. The second-order valence-electron chi connectivity index (χ2n) is 3.34. The van der Waals surface area contributed by atoms with Gasteiger partial charge in [-0.3, -0.25) is 9.88 Å². The summed E-state index contributed by atoms with van der Waals surface area (Å²) in [5.74, 6) is 0. The van der Waals surface area contributed by atoms with Crippen LogP contribution in [0.1, 0.15) is 18.4 Å². The molecule has 0 radical (unpaired) electrons. The van der Waals surface area contributed by atoms with Crippen molar-refractivity contribution in [2.75, 3.05) is 13.1 Å². The van der Waals surface area contributed by atoms with Crippen molar-refractivity contribution >= 4 is 0 Å². The molecular weight excluding hydrogens is 148 g/mol. The molecule has 2 heteroatoms. The summed E-state index contributed by atoms with van der Waals surface area (Å²) in [5.41, 5.74) is 1.38. The number of nitrogens with zero attached hydrogens (tertiary/aromatic N) is 2. The van der Waals surface area contributed by atoms with Gasteiger partial charge in [0.1, 0.15) is 0 Å². The molecule has 12 heavy (non-hydrogen) atoms. The zero-order chi connectivity index (χ0) is 8.23. The van der Waals surface area contributed by atoms with E-state index in [4.69, 9.17) is 0 Å². The number of hydrogen-bond acceptors (Lipinski definition) is 2. The van der Waals surface area contributed by atoms with Crippen LogP contribution in [0.2, 0.25) is 0 Å². The lowest BCUT2D eigenvalue weighted by Gasteiger charge is -2.13. The highest BCUT2D eigenvalue weighted by Gasteiger charge is 2.10. The van der Waals surface area contributed by atoms with Crippen LogP contribution < -0.4 is 0 Å². The van der Waals surface area contributed by atoms with E-state index in [1.165, 1.54) is 31.5 Å². The van der Waals surface area contributed by atoms with Crippen LogP contribution in [0.25, 0.3) is 0 Å². The van der Waals surface area contributed by atoms with Gasteiger partial charge in [-0.15, -0.1) is 0 Å². The zero-order valence-electron chi connectivity index (χ0n) is 7.24. The van der Waals surface area contributed by atoms with Crippen molar-refractivity contribution in [3.8, 4) is 0 Å². The smallest absolute Gasteiger partial charge is 0.0271 e. The fourth-order valence-corrected chi connectivity index (χ4v) is 1.69. The number of hydrogen-bond donors (Lipinski definition) is 0. The maximum atomic E-state index is 4.00. The molecule has 0 spiro atoms. The monoisotopic (exact) mass is 162 g/mol. The minimum absolute atomic E-state index is 1.10. The molecule has 64 valence electrons. The maximum absolute atomic E-state index is 4.00. The van der Waals surface area contributed by atoms with Crippen molar-refractivity contribution in [3.63, 3.8) is 0 Å². The molecule has 1 aliphatic rings. The summed E-state index contributed by atoms with van der Waals surface area (Å²) in [5, 5.41) is 0. The molecular formula is C10H14N2. The van der Waals surface area contributed by atoms with Crippen molar-refractivity contribution in [1.82, 2.24) is 9.88 Å². The van der Waals surface area contributed by atoms with Crippen LogP contribution in [-0.2, 0) is 6.54 Å².